The molecule has 0 saturated carbocycles. The number of anilines is 2. The molecule has 0 aliphatic rings. The third kappa shape index (κ3) is 4.20. The zero-order chi connectivity index (χ0) is 14.2. The summed E-state index contributed by atoms with van der Waals surface area (Å²) in [6, 6.07) is 7.21. The van der Waals surface area contributed by atoms with Crippen LogP contribution in [0.25, 0.3) is 0 Å². The SMILES string of the molecule is CCOC(=O)Nc1ccc(NCc2cccnc2)nn1. The molecule has 2 rings (SSSR count). The van der Waals surface area contributed by atoms with Gasteiger partial charge in [0.1, 0.15) is 5.82 Å². The van der Waals surface area contributed by atoms with Crippen molar-refractivity contribution in [1.29, 1.82) is 0 Å². The normalized spacial score (nSPS) is 9.85. The van der Waals surface area contributed by atoms with Gasteiger partial charge in [0.05, 0.1) is 6.61 Å². The van der Waals surface area contributed by atoms with E-state index in [2.05, 4.69) is 25.8 Å². The molecule has 0 aliphatic carbocycles. The predicted molar refractivity (Wildman–Crippen MR) is 74.2 cm³/mol. The second-order valence-electron chi connectivity index (χ2n) is 3.86. The number of nitrogens with zero attached hydrogens (tertiary/aromatic N) is 3. The average molecular weight is 273 g/mol. The summed E-state index contributed by atoms with van der Waals surface area (Å²) in [5, 5.41) is 13.4. The minimum Gasteiger partial charge on any atom is -0.450 e. The molecule has 2 N–H and O–H groups in total. The third-order valence-corrected chi connectivity index (χ3v) is 2.37. The molecular formula is C13H15N5O2. The Morgan fingerprint density at radius 3 is 2.70 bits per heavy atom. The van der Waals surface area contributed by atoms with Gasteiger partial charge in [-0.25, -0.2) is 4.79 Å². The highest BCUT2D eigenvalue weighted by Crippen LogP contribution is 2.08. The van der Waals surface area contributed by atoms with Crippen LogP contribution in [0.4, 0.5) is 16.4 Å². The lowest BCUT2D eigenvalue weighted by atomic mass is 10.3. The molecule has 7 heteroatoms. The van der Waals surface area contributed by atoms with Gasteiger partial charge in [-0.2, -0.15) is 0 Å². The van der Waals surface area contributed by atoms with Crippen LogP contribution in [0.15, 0.2) is 36.7 Å². The summed E-state index contributed by atoms with van der Waals surface area (Å²) in [6.07, 6.45) is 2.95. The van der Waals surface area contributed by atoms with Gasteiger partial charge in [-0.15, -0.1) is 10.2 Å². The number of carbonyl (C=O) groups is 1. The minimum absolute atomic E-state index is 0.310. The van der Waals surface area contributed by atoms with Crippen molar-refractivity contribution in [1.82, 2.24) is 15.2 Å². The van der Waals surface area contributed by atoms with E-state index in [0.29, 0.717) is 24.8 Å². The molecule has 0 saturated heterocycles. The standard InChI is InChI=1S/C13H15N5O2/c1-2-20-13(19)16-12-6-5-11(17-18-12)15-9-10-4-3-7-14-8-10/h3-8H,2,9H2,1H3,(H,15,17)(H,16,18,19). The van der Waals surface area contributed by atoms with Crippen LogP contribution < -0.4 is 10.6 Å². The molecule has 7 nitrogen and oxygen atoms in total. The lowest BCUT2D eigenvalue weighted by molar-refractivity contribution is 0.168. The lowest BCUT2D eigenvalue weighted by Crippen LogP contribution is -2.14. The fourth-order valence-corrected chi connectivity index (χ4v) is 1.46. The van der Waals surface area contributed by atoms with Crippen LogP contribution in [0.1, 0.15) is 12.5 Å². The largest absolute Gasteiger partial charge is 0.450 e. The van der Waals surface area contributed by atoms with E-state index in [0.717, 1.165) is 5.56 Å². The first-order chi connectivity index (χ1) is 9.78. The van der Waals surface area contributed by atoms with Crippen molar-refractivity contribution in [2.24, 2.45) is 0 Å². The van der Waals surface area contributed by atoms with Gasteiger partial charge in [0, 0.05) is 18.9 Å². The second-order valence-corrected chi connectivity index (χ2v) is 3.86. The Morgan fingerprint density at radius 1 is 1.25 bits per heavy atom. The fourth-order valence-electron chi connectivity index (χ4n) is 1.46. The number of amides is 1. The Hall–Kier alpha value is -2.70. The number of nitrogens with one attached hydrogen (secondary N) is 2. The van der Waals surface area contributed by atoms with Gasteiger partial charge in [-0.05, 0) is 30.7 Å². The molecule has 0 aromatic carbocycles. The Balaban J connectivity index is 1.87. The Morgan fingerprint density at radius 2 is 2.05 bits per heavy atom. The Kier molecular flexibility index (Phi) is 4.82. The van der Waals surface area contributed by atoms with E-state index in [1.54, 1.807) is 31.5 Å². The molecule has 2 heterocycles. The topological polar surface area (TPSA) is 89.0 Å². The average Bonchev–Trinajstić information content (AvgIpc) is 2.48. The highest BCUT2D eigenvalue weighted by molar-refractivity contribution is 5.83. The van der Waals surface area contributed by atoms with Crippen LogP contribution in [0, 0.1) is 0 Å². The molecule has 0 bridgehead atoms. The van der Waals surface area contributed by atoms with E-state index >= 15 is 0 Å². The second kappa shape index (κ2) is 7.03. The van der Waals surface area contributed by atoms with E-state index in [1.165, 1.54) is 0 Å². The first-order valence-corrected chi connectivity index (χ1v) is 6.18. The zero-order valence-corrected chi connectivity index (χ0v) is 11.0. The summed E-state index contributed by atoms with van der Waals surface area (Å²) in [4.78, 5) is 15.2. The smallest absolute Gasteiger partial charge is 0.412 e. The fraction of sp³-hybridized carbons (Fsp3) is 0.231. The predicted octanol–water partition coefficient (Wildman–Crippen LogP) is 2.05. The molecule has 0 radical (unpaired) electrons. The van der Waals surface area contributed by atoms with Crippen molar-refractivity contribution in [2.45, 2.75) is 13.5 Å². The third-order valence-electron chi connectivity index (χ3n) is 2.37. The van der Waals surface area contributed by atoms with Gasteiger partial charge in [0.2, 0.25) is 0 Å². The van der Waals surface area contributed by atoms with Crippen LogP contribution >= 0.6 is 0 Å². The number of rotatable bonds is 5. The quantitative estimate of drug-likeness (QED) is 0.866. The molecule has 2 aromatic heterocycles. The lowest BCUT2D eigenvalue weighted by Gasteiger charge is -2.06. The molecule has 0 fully saturated rings. The molecule has 0 atom stereocenters. The van der Waals surface area contributed by atoms with E-state index in [9.17, 15) is 4.79 Å². The van der Waals surface area contributed by atoms with E-state index in [4.69, 9.17) is 4.74 Å². The van der Waals surface area contributed by atoms with Gasteiger partial charge in [-0.1, -0.05) is 6.07 Å². The van der Waals surface area contributed by atoms with E-state index in [1.807, 2.05) is 12.1 Å². The molecule has 0 spiro atoms. The summed E-state index contributed by atoms with van der Waals surface area (Å²) < 4.78 is 4.74. The van der Waals surface area contributed by atoms with Crippen molar-refractivity contribution in [3.05, 3.63) is 42.2 Å². The number of hydrogen-bond donors (Lipinski definition) is 2. The zero-order valence-electron chi connectivity index (χ0n) is 11.0. The molecule has 2 aromatic rings. The van der Waals surface area contributed by atoms with Gasteiger partial charge >= 0.3 is 6.09 Å². The van der Waals surface area contributed by atoms with Gasteiger partial charge in [-0.3, -0.25) is 10.3 Å². The van der Waals surface area contributed by atoms with E-state index < -0.39 is 6.09 Å². The minimum atomic E-state index is -0.544. The Labute approximate surface area is 116 Å². The summed E-state index contributed by atoms with van der Waals surface area (Å²) >= 11 is 0. The Bertz CT molecular complexity index is 544. The molecule has 20 heavy (non-hydrogen) atoms. The van der Waals surface area contributed by atoms with Crippen molar-refractivity contribution in [3.63, 3.8) is 0 Å². The summed E-state index contributed by atoms with van der Waals surface area (Å²) in [5.74, 6) is 0.957. The number of aromatic nitrogens is 3. The van der Waals surface area contributed by atoms with Crippen molar-refractivity contribution >= 4 is 17.7 Å². The highest BCUT2D eigenvalue weighted by atomic mass is 16.5. The molecular weight excluding hydrogens is 258 g/mol. The number of ether oxygens (including phenoxy) is 1. The number of carbonyl (C=O) groups excluding carboxylic acids is 1. The first kappa shape index (κ1) is 13.7. The van der Waals surface area contributed by atoms with Gasteiger partial charge in [0.15, 0.2) is 5.82 Å². The summed E-state index contributed by atoms with van der Waals surface area (Å²) in [6.45, 7) is 2.65. The van der Waals surface area contributed by atoms with Crippen molar-refractivity contribution in [3.8, 4) is 0 Å². The first-order valence-electron chi connectivity index (χ1n) is 6.18. The van der Waals surface area contributed by atoms with Crippen molar-refractivity contribution < 1.29 is 9.53 Å². The monoisotopic (exact) mass is 273 g/mol. The maximum atomic E-state index is 11.2. The van der Waals surface area contributed by atoms with Crippen molar-refractivity contribution in [2.75, 3.05) is 17.2 Å². The van der Waals surface area contributed by atoms with Crippen LogP contribution in [-0.4, -0.2) is 27.9 Å². The maximum Gasteiger partial charge on any atom is 0.412 e. The number of hydrogen-bond acceptors (Lipinski definition) is 6. The van der Waals surface area contributed by atoms with Crippen LogP contribution in [0.3, 0.4) is 0 Å². The van der Waals surface area contributed by atoms with Crippen LogP contribution in [0.2, 0.25) is 0 Å². The van der Waals surface area contributed by atoms with Gasteiger partial charge < -0.3 is 10.1 Å². The molecule has 0 unspecified atom stereocenters. The van der Waals surface area contributed by atoms with Crippen LogP contribution in [-0.2, 0) is 11.3 Å². The van der Waals surface area contributed by atoms with Crippen LogP contribution in [0.5, 0.6) is 0 Å². The molecule has 104 valence electrons. The highest BCUT2D eigenvalue weighted by Gasteiger charge is 2.03. The maximum absolute atomic E-state index is 11.2. The molecule has 1 amide bonds. The number of pyridine rings is 1. The summed E-state index contributed by atoms with van der Waals surface area (Å²) in [5.41, 5.74) is 1.04. The summed E-state index contributed by atoms with van der Waals surface area (Å²) in [7, 11) is 0. The van der Waals surface area contributed by atoms with Gasteiger partial charge in [0.25, 0.3) is 0 Å². The van der Waals surface area contributed by atoms with E-state index in [-0.39, 0.29) is 0 Å². The molecule has 0 aliphatic heterocycles.